The predicted octanol–water partition coefficient (Wildman–Crippen LogP) is 4.02. The number of benzene rings is 2. The minimum atomic E-state index is -0.209. The second-order valence-corrected chi connectivity index (χ2v) is 5.28. The molecule has 0 fully saturated rings. The minimum absolute atomic E-state index is 0.209. The summed E-state index contributed by atoms with van der Waals surface area (Å²) in [4.78, 5) is 0.947. The van der Waals surface area contributed by atoms with Crippen LogP contribution in [0.5, 0.6) is 5.75 Å². The molecular formula is C15H16FNOS. The van der Waals surface area contributed by atoms with Gasteiger partial charge in [0.15, 0.2) is 0 Å². The Labute approximate surface area is 116 Å². The van der Waals surface area contributed by atoms with Crippen molar-refractivity contribution in [2.45, 2.75) is 17.6 Å². The lowest BCUT2D eigenvalue weighted by atomic mass is 10.1. The van der Waals surface area contributed by atoms with Gasteiger partial charge in [-0.1, -0.05) is 6.07 Å². The van der Waals surface area contributed by atoms with E-state index in [9.17, 15) is 4.39 Å². The average molecular weight is 277 g/mol. The molecule has 0 unspecified atom stereocenters. The highest BCUT2D eigenvalue weighted by molar-refractivity contribution is 7.98. The molecule has 0 spiro atoms. The maximum atomic E-state index is 13.2. The SMILES string of the molecule is COc1ccc(N)c(SCc2cc(F)ccc2C)c1. The monoisotopic (exact) mass is 277 g/mol. The van der Waals surface area contributed by atoms with Crippen molar-refractivity contribution in [3.8, 4) is 5.75 Å². The molecule has 0 heterocycles. The molecule has 0 amide bonds. The van der Waals surface area contributed by atoms with Crippen LogP contribution in [0.3, 0.4) is 0 Å². The Balaban J connectivity index is 2.16. The van der Waals surface area contributed by atoms with Crippen molar-refractivity contribution in [3.63, 3.8) is 0 Å². The molecule has 19 heavy (non-hydrogen) atoms. The second kappa shape index (κ2) is 5.97. The molecule has 4 heteroatoms. The Morgan fingerprint density at radius 2 is 2.00 bits per heavy atom. The van der Waals surface area contributed by atoms with Crippen molar-refractivity contribution in [1.29, 1.82) is 0 Å². The zero-order chi connectivity index (χ0) is 13.8. The van der Waals surface area contributed by atoms with Gasteiger partial charge in [0.1, 0.15) is 11.6 Å². The van der Waals surface area contributed by atoms with E-state index < -0.39 is 0 Å². The van der Waals surface area contributed by atoms with Crippen LogP contribution < -0.4 is 10.5 Å². The summed E-state index contributed by atoms with van der Waals surface area (Å²) in [5, 5.41) is 0. The van der Waals surface area contributed by atoms with Gasteiger partial charge < -0.3 is 10.5 Å². The molecule has 0 aliphatic heterocycles. The molecular weight excluding hydrogens is 261 g/mol. The van der Waals surface area contributed by atoms with E-state index in [-0.39, 0.29) is 5.82 Å². The van der Waals surface area contributed by atoms with Crippen LogP contribution in [0.1, 0.15) is 11.1 Å². The van der Waals surface area contributed by atoms with E-state index in [1.165, 1.54) is 6.07 Å². The Morgan fingerprint density at radius 3 is 2.74 bits per heavy atom. The molecule has 0 saturated carbocycles. The number of methoxy groups -OCH3 is 1. The van der Waals surface area contributed by atoms with E-state index in [1.54, 1.807) is 31.0 Å². The van der Waals surface area contributed by atoms with E-state index in [1.807, 2.05) is 25.1 Å². The summed E-state index contributed by atoms with van der Waals surface area (Å²) in [6.45, 7) is 1.98. The summed E-state index contributed by atoms with van der Waals surface area (Å²) >= 11 is 1.58. The lowest BCUT2D eigenvalue weighted by molar-refractivity contribution is 0.414. The molecule has 2 rings (SSSR count). The predicted molar refractivity (Wildman–Crippen MR) is 78.1 cm³/mol. The largest absolute Gasteiger partial charge is 0.497 e. The Kier molecular flexibility index (Phi) is 4.32. The number of anilines is 1. The molecule has 0 atom stereocenters. The van der Waals surface area contributed by atoms with E-state index >= 15 is 0 Å². The highest BCUT2D eigenvalue weighted by Crippen LogP contribution is 2.32. The van der Waals surface area contributed by atoms with Gasteiger partial charge in [-0.3, -0.25) is 0 Å². The van der Waals surface area contributed by atoms with Crippen molar-refractivity contribution in [2.24, 2.45) is 0 Å². The summed E-state index contributed by atoms with van der Waals surface area (Å²) in [6, 6.07) is 10.4. The molecule has 2 aromatic rings. The highest BCUT2D eigenvalue weighted by Gasteiger charge is 2.05. The quantitative estimate of drug-likeness (QED) is 0.677. The van der Waals surface area contributed by atoms with Crippen LogP contribution in [-0.4, -0.2) is 7.11 Å². The van der Waals surface area contributed by atoms with Crippen LogP contribution in [0, 0.1) is 12.7 Å². The van der Waals surface area contributed by atoms with Gasteiger partial charge in [-0.15, -0.1) is 11.8 Å². The van der Waals surface area contributed by atoms with Crippen LogP contribution in [0.15, 0.2) is 41.3 Å². The molecule has 0 radical (unpaired) electrons. The van der Waals surface area contributed by atoms with E-state index in [2.05, 4.69) is 0 Å². The number of nitrogen functional groups attached to an aromatic ring is 1. The van der Waals surface area contributed by atoms with Crippen molar-refractivity contribution in [3.05, 3.63) is 53.3 Å². The van der Waals surface area contributed by atoms with Gasteiger partial charge in [0, 0.05) is 16.3 Å². The van der Waals surface area contributed by atoms with E-state index in [4.69, 9.17) is 10.5 Å². The molecule has 2 nitrogen and oxygen atoms in total. The second-order valence-electron chi connectivity index (χ2n) is 4.26. The fourth-order valence-corrected chi connectivity index (χ4v) is 2.77. The van der Waals surface area contributed by atoms with E-state index in [0.717, 1.165) is 21.8 Å². The van der Waals surface area contributed by atoms with Gasteiger partial charge in [0.25, 0.3) is 0 Å². The van der Waals surface area contributed by atoms with Crippen LogP contribution in [0.2, 0.25) is 0 Å². The number of hydrogen-bond acceptors (Lipinski definition) is 3. The molecule has 100 valence electrons. The molecule has 0 aromatic heterocycles. The summed E-state index contributed by atoms with van der Waals surface area (Å²) < 4.78 is 18.4. The topological polar surface area (TPSA) is 35.2 Å². The van der Waals surface area contributed by atoms with E-state index in [0.29, 0.717) is 11.4 Å². The first-order valence-corrected chi connectivity index (χ1v) is 6.90. The fourth-order valence-electron chi connectivity index (χ4n) is 1.72. The molecule has 2 N–H and O–H groups in total. The number of nitrogens with two attached hydrogens (primary N) is 1. The Morgan fingerprint density at radius 1 is 1.21 bits per heavy atom. The molecule has 0 aliphatic carbocycles. The minimum Gasteiger partial charge on any atom is -0.497 e. The molecule has 0 bridgehead atoms. The van der Waals surface area contributed by atoms with Gasteiger partial charge >= 0.3 is 0 Å². The first-order valence-electron chi connectivity index (χ1n) is 5.91. The summed E-state index contributed by atoms with van der Waals surface area (Å²) in [7, 11) is 1.62. The Hall–Kier alpha value is -1.68. The van der Waals surface area contributed by atoms with Gasteiger partial charge in [-0.05, 0) is 48.4 Å². The summed E-state index contributed by atoms with van der Waals surface area (Å²) in [6.07, 6.45) is 0. The molecule has 0 aliphatic rings. The number of hydrogen-bond donors (Lipinski definition) is 1. The number of rotatable bonds is 4. The molecule has 2 aromatic carbocycles. The number of aryl methyl sites for hydroxylation is 1. The first kappa shape index (κ1) is 13.7. The third kappa shape index (κ3) is 3.41. The maximum Gasteiger partial charge on any atom is 0.123 e. The van der Waals surface area contributed by atoms with Gasteiger partial charge in [-0.25, -0.2) is 4.39 Å². The summed E-state index contributed by atoms with van der Waals surface area (Å²) in [5.41, 5.74) is 8.69. The van der Waals surface area contributed by atoms with Crippen molar-refractivity contribution < 1.29 is 9.13 Å². The number of thioether (sulfide) groups is 1. The van der Waals surface area contributed by atoms with Gasteiger partial charge in [0.2, 0.25) is 0 Å². The summed E-state index contributed by atoms with van der Waals surface area (Å²) in [5.74, 6) is 1.24. The zero-order valence-corrected chi connectivity index (χ0v) is 11.8. The van der Waals surface area contributed by atoms with Crippen LogP contribution in [-0.2, 0) is 5.75 Å². The van der Waals surface area contributed by atoms with Crippen molar-refractivity contribution in [1.82, 2.24) is 0 Å². The third-order valence-electron chi connectivity index (χ3n) is 2.92. The smallest absolute Gasteiger partial charge is 0.123 e. The number of ether oxygens (including phenoxy) is 1. The molecule has 0 saturated heterocycles. The first-order chi connectivity index (χ1) is 9.10. The van der Waals surface area contributed by atoms with Crippen LogP contribution in [0.4, 0.5) is 10.1 Å². The normalized spacial score (nSPS) is 10.5. The van der Waals surface area contributed by atoms with Crippen molar-refractivity contribution >= 4 is 17.4 Å². The van der Waals surface area contributed by atoms with Crippen LogP contribution in [0.25, 0.3) is 0 Å². The van der Waals surface area contributed by atoms with Gasteiger partial charge in [0.05, 0.1) is 7.11 Å². The highest BCUT2D eigenvalue weighted by atomic mass is 32.2. The standard InChI is InChI=1S/C15H16FNOS/c1-10-3-4-12(16)7-11(10)9-19-15-8-13(18-2)5-6-14(15)17/h3-8H,9,17H2,1-2H3. The Bertz CT molecular complexity index is 586. The van der Waals surface area contributed by atoms with Gasteiger partial charge in [-0.2, -0.15) is 0 Å². The average Bonchev–Trinajstić information content (AvgIpc) is 2.41. The maximum absolute atomic E-state index is 13.2. The lowest BCUT2D eigenvalue weighted by Crippen LogP contribution is -1.92. The van der Waals surface area contributed by atoms with Crippen molar-refractivity contribution in [2.75, 3.05) is 12.8 Å². The zero-order valence-electron chi connectivity index (χ0n) is 10.9. The third-order valence-corrected chi connectivity index (χ3v) is 4.03. The lowest BCUT2D eigenvalue weighted by Gasteiger charge is -2.09. The van der Waals surface area contributed by atoms with Crippen LogP contribution >= 0.6 is 11.8 Å². The fraction of sp³-hybridized carbons (Fsp3) is 0.200. The number of halogens is 1.